The van der Waals surface area contributed by atoms with E-state index in [4.69, 9.17) is 0 Å². The van der Waals surface area contributed by atoms with Crippen LogP contribution < -0.4 is 10.6 Å². The van der Waals surface area contributed by atoms with Crippen LogP contribution in [0.3, 0.4) is 0 Å². The molecule has 130 valence electrons. The molecule has 0 unspecified atom stereocenters. The number of Topliss-reactive ketones (excluding diaryl/α,β-unsaturated/α-hetero) is 1. The van der Waals surface area contributed by atoms with Crippen molar-refractivity contribution in [1.82, 2.24) is 0 Å². The number of rotatable bonds is 7. The van der Waals surface area contributed by atoms with Crippen molar-refractivity contribution < 1.29 is 9.59 Å². The van der Waals surface area contributed by atoms with Gasteiger partial charge in [0.2, 0.25) is 5.91 Å². The van der Waals surface area contributed by atoms with Gasteiger partial charge < -0.3 is 10.6 Å². The summed E-state index contributed by atoms with van der Waals surface area (Å²) in [6.07, 6.45) is -0.183. The fourth-order valence-corrected chi connectivity index (χ4v) is 2.61. The highest BCUT2D eigenvalue weighted by Gasteiger charge is 2.13. The van der Waals surface area contributed by atoms with Crippen molar-refractivity contribution in [3.63, 3.8) is 0 Å². The number of carbonyl (C=O) groups excluding carboxylic acids is 2. The highest BCUT2D eigenvalue weighted by molar-refractivity contribution is 6.11. The molecule has 3 aromatic rings. The lowest BCUT2D eigenvalue weighted by Crippen LogP contribution is -2.17. The summed E-state index contributed by atoms with van der Waals surface area (Å²) in [4.78, 5) is 24.4. The fraction of sp³-hybridized carbons (Fsp3) is 0.0909. The molecule has 4 nitrogen and oxygen atoms in total. The highest BCUT2D eigenvalue weighted by atomic mass is 16.2. The molecule has 26 heavy (non-hydrogen) atoms. The van der Waals surface area contributed by atoms with E-state index in [2.05, 4.69) is 10.6 Å². The summed E-state index contributed by atoms with van der Waals surface area (Å²) in [7, 11) is 0. The van der Waals surface area contributed by atoms with Crippen LogP contribution in [0.25, 0.3) is 0 Å². The first-order valence-electron chi connectivity index (χ1n) is 8.47. The molecule has 0 fully saturated rings. The summed E-state index contributed by atoms with van der Waals surface area (Å²) < 4.78 is 0. The van der Waals surface area contributed by atoms with Crippen molar-refractivity contribution in [3.05, 3.63) is 96.1 Å². The Labute approximate surface area is 152 Å². The lowest BCUT2D eigenvalue weighted by atomic mass is 10.1. The van der Waals surface area contributed by atoms with Gasteiger partial charge in [-0.3, -0.25) is 9.59 Å². The standard InChI is InChI=1S/C22H20N2O2/c25-21(18-11-5-2-6-12-18)15-22(26)24-20-14-8-7-13-19(20)23-16-17-9-3-1-4-10-17/h1-14,23H,15-16H2,(H,24,26). The Hall–Kier alpha value is -3.40. The lowest BCUT2D eigenvalue weighted by molar-refractivity contribution is -0.115. The van der Waals surface area contributed by atoms with E-state index in [0.29, 0.717) is 17.8 Å². The quantitative estimate of drug-likeness (QED) is 0.490. The van der Waals surface area contributed by atoms with Crippen molar-refractivity contribution in [2.75, 3.05) is 10.6 Å². The summed E-state index contributed by atoms with van der Waals surface area (Å²) in [5.74, 6) is -0.523. The molecule has 0 atom stereocenters. The second-order valence-corrected chi connectivity index (χ2v) is 5.90. The predicted octanol–water partition coefficient (Wildman–Crippen LogP) is 4.51. The van der Waals surface area contributed by atoms with Crippen LogP contribution >= 0.6 is 0 Å². The molecule has 0 aromatic heterocycles. The minimum absolute atomic E-state index is 0.183. The number of anilines is 2. The van der Waals surface area contributed by atoms with Gasteiger partial charge in [0.1, 0.15) is 0 Å². The van der Waals surface area contributed by atoms with E-state index in [1.54, 1.807) is 24.3 Å². The third kappa shape index (κ3) is 4.80. The van der Waals surface area contributed by atoms with E-state index in [-0.39, 0.29) is 18.1 Å². The second kappa shape index (κ2) is 8.62. The van der Waals surface area contributed by atoms with Crippen molar-refractivity contribution in [1.29, 1.82) is 0 Å². The molecule has 0 aliphatic carbocycles. The average Bonchev–Trinajstić information content (AvgIpc) is 2.68. The van der Waals surface area contributed by atoms with Gasteiger partial charge in [0.15, 0.2) is 5.78 Å². The zero-order valence-corrected chi connectivity index (χ0v) is 14.3. The number of hydrogen-bond donors (Lipinski definition) is 2. The SMILES string of the molecule is O=C(CC(=O)c1ccccc1)Nc1ccccc1NCc1ccccc1. The summed E-state index contributed by atoms with van der Waals surface area (Å²) >= 11 is 0. The van der Waals surface area contributed by atoms with Crippen LogP contribution in [0.2, 0.25) is 0 Å². The number of carbonyl (C=O) groups is 2. The smallest absolute Gasteiger partial charge is 0.232 e. The number of hydrogen-bond acceptors (Lipinski definition) is 3. The zero-order chi connectivity index (χ0) is 18.2. The normalized spacial score (nSPS) is 10.2. The third-order valence-corrected chi connectivity index (χ3v) is 3.94. The van der Waals surface area contributed by atoms with Gasteiger partial charge in [-0.05, 0) is 17.7 Å². The predicted molar refractivity (Wildman–Crippen MR) is 104 cm³/mol. The van der Waals surface area contributed by atoms with Crippen molar-refractivity contribution in [2.24, 2.45) is 0 Å². The first kappa shape index (κ1) is 17.4. The number of nitrogens with one attached hydrogen (secondary N) is 2. The van der Waals surface area contributed by atoms with Gasteiger partial charge in [0, 0.05) is 12.1 Å². The summed E-state index contributed by atoms with van der Waals surface area (Å²) in [5, 5.41) is 6.15. The number of para-hydroxylation sites is 2. The monoisotopic (exact) mass is 344 g/mol. The van der Waals surface area contributed by atoms with Crippen LogP contribution in [0.1, 0.15) is 22.3 Å². The molecular weight excluding hydrogens is 324 g/mol. The molecule has 1 amide bonds. The van der Waals surface area contributed by atoms with Gasteiger partial charge in [-0.25, -0.2) is 0 Å². The molecule has 4 heteroatoms. The number of ketones is 1. The fourth-order valence-electron chi connectivity index (χ4n) is 2.61. The van der Waals surface area contributed by atoms with E-state index in [9.17, 15) is 9.59 Å². The Kier molecular flexibility index (Phi) is 5.78. The summed E-state index contributed by atoms with van der Waals surface area (Å²) in [6, 6.07) is 26.3. The molecule has 0 heterocycles. The Balaban J connectivity index is 1.62. The highest BCUT2D eigenvalue weighted by Crippen LogP contribution is 2.22. The van der Waals surface area contributed by atoms with Crippen molar-refractivity contribution in [3.8, 4) is 0 Å². The molecule has 3 rings (SSSR count). The molecule has 0 bridgehead atoms. The van der Waals surface area contributed by atoms with E-state index >= 15 is 0 Å². The Morgan fingerprint density at radius 3 is 1.96 bits per heavy atom. The minimum atomic E-state index is -0.326. The van der Waals surface area contributed by atoms with Crippen molar-refractivity contribution in [2.45, 2.75) is 13.0 Å². The third-order valence-electron chi connectivity index (χ3n) is 3.94. The van der Waals surface area contributed by atoms with E-state index in [0.717, 1.165) is 11.3 Å². The summed E-state index contributed by atoms with van der Waals surface area (Å²) in [5.41, 5.74) is 3.16. The average molecular weight is 344 g/mol. The molecule has 0 saturated carbocycles. The molecule has 0 saturated heterocycles. The Morgan fingerprint density at radius 1 is 0.692 bits per heavy atom. The summed E-state index contributed by atoms with van der Waals surface area (Å²) in [6.45, 7) is 0.649. The minimum Gasteiger partial charge on any atom is -0.379 e. The molecule has 0 radical (unpaired) electrons. The van der Waals surface area contributed by atoms with E-state index in [1.165, 1.54) is 0 Å². The second-order valence-electron chi connectivity index (χ2n) is 5.90. The van der Waals surface area contributed by atoms with Gasteiger partial charge in [0.05, 0.1) is 17.8 Å². The molecule has 0 aliphatic heterocycles. The maximum atomic E-state index is 12.3. The topological polar surface area (TPSA) is 58.2 Å². The maximum absolute atomic E-state index is 12.3. The lowest BCUT2D eigenvalue weighted by Gasteiger charge is -2.13. The van der Waals surface area contributed by atoms with Crippen LogP contribution in [0.4, 0.5) is 11.4 Å². The van der Waals surface area contributed by atoms with Crippen LogP contribution in [-0.4, -0.2) is 11.7 Å². The van der Waals surface area contributed by atoms with Gasteiger partial charge >= 0.3 is 0 Å². The molecule has 3 aromatic carbocycles. The molecular formula is C22H20N2O2. The van der Waals surface area contributed by atoms with Gasteiger partial charge in [-0.1, -0.05) is 72.8 Å². The Bertz CT molecular complexity index is 877. The largest absolute Gasteiger partial charge is 0.379 e. The maximum Gasteiger partial charge on any atom is 0.232 e. The van der Waals surface area contributed by atoms with Crippen molar-refractivity contribution >= 4 is 23.1 Å². The van der Waals surface area contributed by atoms with Gasteiger partial charge in [-0.2, -0.15) is 0 Å². The van der Waals surface area contributed by atoms with Crippen LogP contribution in [0.5, 0.6) is 0 Å². The number of benzene rings is 3. The number of amides is 1. The van der Waals surface area contributed by atoms with E-state index in [1.807, 2.05) is 60.7 Å². The molecule has 2 N–H and O–H groups in total. The zero-order valence-electron chi connectivity index (χ0n) is 14.3. The van der Waals surface area contributed by atoms with Gasteiger partial charge in [0.25, 0.3) is 0 Å². The van der Waals surface area contributed by atoms with Crippen LogP contribution in [-0.2, 0) is 11.3 Å². The Morgan fingerprint density at radius 2 is 1.27 bits per heavy atom. The molecule has 0 aliphatic rings. The van der Waals surface area contributed by atoms with Crippen LogP contribution in [0, 0.1) is 0 Å². The van der Waals surface area contributed by atoms with E-state index < -0.39 is 0 Å². The van der Waals surface area contributed by atoms with Gasteiger partial charge in [-0.15, -0.1) is 0 Å². The molecule has 0 spiro atoms. The first-order chi connectivity index (χ1) is 12.7. The first-order valence-corrected chi connectivity index (χ1v) is 8.47. The van der Waals surface area contributed by atoms with Crippen LogP contribution in [0.15, 0.2) is 84.9 Å².